The highest BCUT2D eigenvalue weighted by atomic mass is 19.1. The van der Waals surface area contributed by atoms with E-state index >= 15 is 0 Å². The van der Waals surface area contributed by atoms with Gasteiger partial charge in [0.2, 0.25) is 0 Å². The highest BCUT2D eigenvalue weighted by molar-refractivity contribution is 5.33. The Hall–Kier alpha value is -2.13. The Bertz CT molecular complexity index is 597. The van der Waals surface area contributed by atoms with Crippen molar-refractivity contribution in [3.63, 3.8) is 0 Å². The smallest absolute Gasteiger partial charge is 0.127 e. The minimum absolute atomic E-state index is 0.0707. The number of halogens is 1. The molecule has 3 heteroatoms. The molecule has 0 aromatic heterocycles. The topological polar surface area (TPSA) is 21.3 Å². The Balaban J connectivity index is 2.03. The number of hydrogen-bond donors (Lipinski definition) is 1. The van der Waals surface area contributed by atoms with E-state index in [0.717, 1.165) is 11.3 Å². The Labute approximate surface area is 125 Å². The van der Waals surface area contributed by atoms with Crippen LogP contribution in [-0.2, 0) is 6.54 Å². The zero-order chi connectivity index (χ0) is 15.1. The monoisotopic (exact) mass is 285 g/mol. The first kappa shape index (κ1) is 15.3. The van der Waals surface area contributed by atoms with E-state index in [2.05, 4.69) is 11.9 Å². The van der Waals surface area contributed by atoms with Gasteiger partial charge in [0.25, 0.3) is 0 Å². The zero-order valence-corrected chi connectivity index (χ0v) is 12.2. The molecular weight excluding hydrogens is 265 g/mol. The van der Waals surface area contributed by atoms with E-state index in [-0.39, 0.29) is 11.9 Å². The van der Waals surface area contributed by atoms with Gasteiger partial charge < -0.3 is 10.1 Å². The van der Waals surface area contributed by atoms with Crippen LogP contribution < -0.4 is 10.1 Å². The van der Waals surface area contributed by atoms with Gasteiger partial charge in [-0.15, -0.1) is 0 Å². The van der Waals surface area contributed by atoms with E-state index in [4.69, 9.17) is 4.74 Å². The molecule has 0 saturated heterocycles. The first-order valence-corrected chi connectivity index (χ1v) is 7.01. The molecule has 2 aromatic carbocycles. The van der Waals surface area contributed by atoms with Crippen molar-refractivity contribution in [3.8, 4) is 5.75 Å². The lowest BCUT2D eigenvalue weighted by molar-refractivity contribution is 0.357. The lowest BCUT2D eigenvalue weighted by atomic mass is 10.1. The van der Waals surface area contributed by atoms with E-state index in [1.54, 1.807) is 18.2 Å². The summed E-state index contributed by atoms with van der Waals surface area (Å²) in [4.78, 5) is 0. The van der Waals surface area contributed by atoms with E-state index in [0.29, 0.717) is 18.7 Å². The van der Waals surface area contributed by atoms with E-state index in [1.807, 2.05) is 37.3 Å². The number of para-hydroxylation sites is 1. The summed E-state index contributed by atoms with van der Waals surface area (Å²) in [5.41, 5.74) is 1.71. The summed E-state index contributed by atoms with van der Waals surface area (Å²) in [6.45, 7) is 6.68. The molecule has 0 aliphatic carbocycles. The van der Waals surface area contributed by atoms with Gasteiger partial charge in [-0.1, -0.05) is 49.1 Å². The SMILES string of the molecule is C=CCOc1ccccc1CN[C@H](C)c1ccccc1F. The summed E-state index contributed by atoms with van der Waals surface area (Å²) in [6.07, 6.45) is 1.71. The predicted molar refractivity (Wildman–Crippen MR) is 83.8 cm³/mol. The van der Waals surface area contributed by atoms with Crippen LogP contribution in [0.4, 0.5) is 4.39 Å². The summed E-state index contributed by atoms with van der Waals surface area (Å²) in [5.74, 6) is 0.638. The molecule has 2 nitrogen and oxygen atoms in total. The molecule has 0 saturated carbocycles. The molecule has 21 heavy (non-hydrogen) atoms. The summed E-state index contributed by atoms with van der Waals surface area (Å²) >= 11 is 0. The Morgan fingerprint density at radius 2 is 1.90 bits per heavy atom. The van der Waals surface area contributed by atoms with Gasteiger partial charge in [0.05, 0.1) is 0 Å². The van der Waals surface area contributed by atoms with Crippen molar-refractivity contribution in [1.82, 2.24) is 5.32 Å². The average Bonchev–Trinajstić information content (AvgIpc) is 2.52. The summed E-state index contributed by atoms with van der Waals surface area (Å²) < 4.78 is 19.4. The predicted octanol–water partition coefficient (Wildman–Crippen LogP) is 4.24. The van der Waals surface area contributed by atoms with Gasteiger partial charge in [0.15, 0.2) is 0 Å². The second-order valence-corrected chi connectivity index (χ2v) is 4.83. The van der Waals surface area contributed by atoms with Gasteiger partial charge in [-0.3, -0.25) is 0 Å². The largest absolute Gasteiger partial charge is 0.489 e. The molecule has 0 aliphatic rings. The van der Waals surface area contributed by atoms with E-state index < -0.39 is 0 Å². The van der Waals surface area contributed by atoms with Crippen molar-refractivity contribution in [3.05, 3.63) is 78.1 Å². The standard InChI is InChI=1S/C18H20FNO/c1-3-12-21-18-11-7-4-8-15(18)13-20-14(2)16-9-5-6-10-17(16)19/h3-11,14,20H,1,12-13H2,2H3/t14-/m1/s1. The molecule has 2 rings (SSSR count). The quantitative estimate of drug-likeness (QED) is 0.768. The maximum Gasteiger partial charge on any atom is 0.127 e. The number of benzene rings is 2. The zero-order valence-electron chi connectivity index (χ0n) is 12.2. The fraction of sp³-hybridized carbons (Fsp3) is 0.222. The molecule has 0 spiro atoms. The van der Waals surface area contributed by atoms with Gasteiger partial charge >= 0.3 is 0 Å². The van der Waals surface area contributed by atoms with Gasteiger partial charge in [0, 0.05) is 23.7 Å². The molecule has 0 unspecified atom stereocenters. The molecule has 1 atom stereocenters. The third kappa shape index (κ3) is 4.17. The first-order chi connectivity index (χ1) is 10.2. The molecule has 0 amide bonds. The van der Waals surface area contributed by atoms with Gasteiger partial charge in [0.1, 0.15) is 18.2 Å². The molecule has 110 valence electrons. The number of nitrogens with one attached hydrogen (secondary N) is 1. The van der Waals surface area contributed by atoms with Crippen LogP contribution in [-0.4, -0.2) is 6.61 Å². The maximum absolute atomic E-state index is 13.7. The van der Waals surface area contributed by atoms with Crippen LogP contribution in [0.1, 0.15) is 24.1 Å². The van der Waals surface area contributed by atoms with Crippen LogP contribution in [0.5, 0.6) is 5.75 Å². The van der Waals surface area contributed by atoms with E-state index in [9.17, 15) is 4.39 Å². The molecule has 0 fully saturated rings. The highest BCUT2D eigenvalue weighted by Gasteiger charge is 2.10. The third-order valence-electron chi connectivity index (χ3n) is 3.30. The van der Waals surface area contributed by atoms with Crippen molar-refractivity contribution in [2.75, 3.05) is 6.61 Å². The molecular formula is C18H20FNO. The van der Waals surface area contributed by atoms with Crippen LogP contribution in [0.15, 0.2) is 61.2 Å². The molecule has 1 N–H and O–H groups in total. The van der Waals surface area contributed by atoms with Crippen molar-refractivity contribution < 1.29 is 9.13 Å². The minimum atomic E-state index is -0.186. The molecule has 0 bridgehead atoms. The summed E-state index contributed by atoms with van der Waals surface area (Å²) in [6, 6.07) is 14.6. The van der Waals surface area contributed by atoms with Crippen molar-refractivity contribution in [2.24, 2.45) is 0 Å². The second-order valence-electron chi connectivity index (χ2n) is 4.83. The van der Waals surface area contributed by atoms with Crippen LogP contribution in [0.25, 0.3) is 0 Å². The Morgan fingerprint density at radius 3 is 2.67 bits per heavy atom. The first-order valence-electron chi connectivity index (χ1n) is 7.01. The number of hydrogen-bond acceptors (Lipinski definition) is 2. The Morgan fingerprint density at radius 1 is 1.19 bits per heavy atom. The van der Waals surface area contributed by atoms with Gasteiger partial charge in [-0.25, -0.2) is 4.39 Å². The lowest BCUT2D eigenvalue weighted by Gasteiger charge is -2.16. The third-order valence-corrected chi connectivity index (χ3v) is 3.30. The molecule has 0 radical (unpaired) electrons. The van der Waals surface area contributed by atoms with Crippen LogP contribution in [0, 0.1) is 5.82 Å². The van der Waals surface area contributed by atoms with Crippen molar-refractivity contribution >= 4 is 0 Å². The number of ether oxygens (including phenoxy) is 1. The van der Waals surface area contributed by atoms with E-state index in [1.165, 1.54) is 6.07 Å². The fourth-order valence-corrected chi connectivity index (χ4v) is 2.14. The highest BCUT2D eigenvalue weighted by Crippen LogP contribution is 2.21. The van der Waals surface area contributed by atoms with Gasteiger partial charge in [-0.2, -0.15) is 0 Å². The Kier molecular flexibility index (Phi) is 5.52. The van der Waals surface area contributed by atoms with Crippen molar-refractivity contribution in [2.45, 2.75) is 19.5 Å². The molecule has 0 aliphatic heterocycles. The lowest BCUT2D eigenvalue weighted by Crippen LogP contribution is -2.19. The second kappa shape index (κ2) is 7.60. The molecule has 0 heterocycles. The van der Waals surface area contributed by atoms with Gasteiger partial charge in [-0.05, 0) is 19.1 Å². The van der Waals surface area contributed by atoms with Crippen LogP contribution in [0.3, 0.4) is 0 Å². The van der Waals surface area contributed by atoms with Crippen LogP contribution in [0.2, 0.25) is 0 Å². The maximum atomic E-state index is 13.7. The van der Waals surface area contributed by atoms with Crippen molar-refractivity contribution in [1.29, 1.82) is 0 Å². The average molecular weight is 285 g/mol. The normalized spacial score (nSPS) is 11.9. The van der Waals surface area contributed by atoms with Crippen LogP contribution >= 0.6 is 0 Å². The fourth-order valence-electron chi connectivity index (χ4n) is 2.14. The minimum Gasteiger partial charge on any atom is -0.489 e. The molecule has 2 aromatic rings. The number of rotatable bonds is 7. The summed E-state index contributed by atoms with van der Waals surface area (Å²) in [7, 11) is 0. The summed E-state index contributed by atoms with van der Waals surface area (Å²) in [5, 5.41) is 3.33.